The maximum atomic E-state index is 12.1. The standard InChI is InChI=1S/C20H25NO2/c1-5-19(17-9-8-15(3)16(4)12-17)21-20(22)13-23-18-10-6-14(2)7-11-18/h6-12,19H,5,13H2,1-4H3,(H,21,22)/t19-/m0/s1. The molecule has 1 amide bonds. The molecule has 0 aromatic heterocycles. The first-order valence-electron chi connectivity index (χ1n) is 8.05. The first kappa shape index (κ1) is 17.1. The van der Waals surface area contributed by atoms with Crippen LogP contribution in [0.5, 0.6) is 5.75 Å². The van der Waals surface area contributed by atoms with Gasteiger partial charge < -0.3 is 10.1 Å². The molecule has 2 rings (SSSR count). The Bertz CT molecular complexity index is 662. The molecular formula is C20H25NO2. The molecule has 23 heavy (non-hydrogen) atoms. The molecule has 2 aromatic rings. The number of benzene rings is 2. The van der Waals surface area contributed by atoms with Crippen molar-refractivity contribution in [1.29, 1.82) is 0 Å². The molecule has 0 bridgehead atoms. The van der Waals surface area contributed by atoms with Crippen LogP contribution in [0.4, 0.5) is 0 Å². The minimum absolute atomic E-state index is 0.0171. The van der Waals surface area contributed by atoms with E-state index in [4.69, 9.17) is 4.74 Å². The third-order valence-electron chi connectivity index (χ3n) is 4.07. The van der Waals surface area contributed by atoms with E-state index < -0.39 is 0 Å². The van der Waals surface area contributed by atoms with Crippen LogP contribution in [0.15, 0.2) is 42.5 Å². The van der Waals surface area contributed by atoms with Gasteiger partial charge in [-0.1, -0.05) is 42.8 Å². The highest BCUT2D eigenvalue weighted by Gasteiger charge is 2.13. The zero-order valence-corrected chi connectivity index (χ0v) is 14.3. The Morgan fingerprint density at radius 3 is 2.35 bits per heavy atom. The van der Waals surface area contributed by atoms with Crippen LogP contribution in [0.3, 0.4) is 0 Å². The second-order valence-electron chi connectivity index (χ2n) is 5.97. The molecule has 0 radical (unpaired) electrons. The molecule has 0 saturated carbocycles. The summed E-state index contributed by atoms with van der Waals surface area (Å²) in [5.74, 6) is 0.612. The van der Waals surface area contributed by atoms with Crippen LogP contribution in [-0.4, -0.2) is 12.5 Å². The van der Waals surface area contributed by atoms with E-state index in [1.165, 1.54) is 16.7 Å². The molecule has 0 spiro atoms. The van der Waals surface area contributed by atoms with Gasteiger partial charge >= 0.3 is 0 Å². The lowest BCUT2D eigenvalue weighted by Crippen LogP contribution is -2.32. The second-order valence-corrected chi connectivity index (χ2v) is 5.97. The van der Waals surface area contributed by atoms with Crippen molar-refractivity contribution in [3.05, 3.63) is 64.7 Å². The smallest absolute Gasteiger partial charge is 0.258 e. The number of carbonyl (C=O) groups excluding carboxylic acids is 1. The van der Waals surface area contributed by atoms with Crippen LogP contribution in [0.1, 0.15) is 41.6 Å². The Morgan fingerprint density at radius 2 is 1.74 bits per heavy atom. The minimum Gasteiger partial charge on any atom is -0.484 e. The van der Waals surface area contributed by atoms with Crippen molar-refractivity contribution in [1.82, 2.24) is 5.32 Å². The number of hydrogen-bond donors (Lipinski definition) is 1. The van der Waals surface area contributed by atoms with Gasteiger partial charge in [-0.25, -0.2) is 0 Å². The Balaban J connectivity index is 1.94. The molecule has 3 nitrogen and oxygen atoms in total. The summed E-state index contributed by atoms with van der Waals surface area (Å²) in [6.45, 7) is 8.30. The number of rotatable bonds is 6. The molecule has 0 aliphatic rings. The topological polar surface area (TPSA) is 38.3 Å². The van der Waals surface area contributed by atoms with Crippen molar-refractivity contribution in [3.8, 4) is 5.75 Å². The van der Waals surface area contributed by atoms with Crippen molar-refractivity contribution in [3.63, 3.8) is 0 Å². The fourth-order valence-electron chi connectivity index (χ4n) is 2.42. The van der Waals surface area contributed by atoms with Crippen molar-refractivity contribution in [2.75, 3.05) is 6.61 Å². The first-order valence-corrected chi connectivity index (χ1v) is 8.05. The summed E-state index contributed by atoms with van der Waals surface area (Å²) in [6, 6.07) is 14.0. The fourth-order valence-corrected chi connectivity index (χ4v) is 2.42. The molecule has 0 saturated heterocycles. The highest BCUT2D eigenvalue weighted by molar-refractivity contribution is 5.78. The summed E-state index contributed by atoms with van der Waals surface area (Å²) >= 11 is 0. The molecule has 1 N–H and O–H groups in total. The number of amides is 1. The molecule has 0 unspecified atom stereocenters. The van der Waals surface area contributed by atoms with Crippen LogP contribution in [-0.2, 0) is 4.79 Å². The van der Waals surface area contributed by atoms with E-state index in [-0.39, 0.29) is 18.6 Å². The summed E-state index contributed by atoms with van der Waals surface area (Å²) in [5.41, 5.74) is 4.81. The summed E-state index contributed by atoms with van der Waals surface area (Å²) in [4.78, 5) is 12.1. The van der Waals surface area contributed by atoms with Gasteiger partial charge in [0.15, 0.2) is 6.61 Å². The maximum Gasteiger partial charge on any atom is 0.258 e. The largest absolute Gasteiger partial charge is 0.484 e. The molecule has 0 aliphatic heterocycles. The molecule has 0 heterocycles. The molecule has 0 fully saturated rings. The Labute approximate surface area is 138 Å². The average Bonchev–Trinajstić information content (AvgIpc) is 2.55. The van der Waals surface area contributed by atoms with Crippen molar-refractivity contribution >= 4 is 5.91 Å². The second kappa shape index (κ2) is 7.82. The Morgan fingerprint density at radius 1 is 1.04 bits per heavy atom. The van der Waals surface area contributed by atoms with Gasteiger partial charge in [-0.3, -0.25) is 4.79 Å². The summed E-state index contributed by atoms with van der Waals surface area (Å²) in [7, 11) is 0. The summed E-state index contributed by atoms with van der Waals surface area (Å²) in [6.07, 6.45) is 0.846. The van der Waals surface area contributed by atoms with Crippen LogP contribution in [0.2, 0.25) is 0 Å². The number of carbonyl (C=O) groups is 1. The van der Waals surface area contributed by atoms with Crippen LogP contribution >= 0.6 is 0 Å². The predicted molar refractivity (Wildman–Crippen MR) is 93.8 cm³/mol. The summed E-state index contributed by atoms with van der Waals surface area (Å²) < 4.78 is 5.53. The zero-order chi connectivity index (χ0) is 16.8. The lowest BCUT2D eigenvalue weighted by atomic mass is 9.99. The number of nitrogens with one attached hydrogen (secondary N) is 1. The Kier molecular flexibility index (Phi) is 5.80. The SMILES string of the molecule is CC[C@H](NC(=O)COc1ccc(C)cc1)c1ccc(C)c(C)c1. The van der Waals surface area contributed by atoms with E-state index in [1.54, 1.807) is 0 Å². The zero-order valence-electron chi connectivity index (χ0n) is 14.3. The van der Waals surface area contributed by atoms with E-state index in [9.17, 15) is 4.79 Å². The molecular weight excluding hydrogens is 286 g/mol. The van der Waals surface area contributed by atoms with Crippen LogP contribution in [0, 0.1) is 20.8 Å². The third-order valence-corrected chi connectivity index (χ3v) is 4.07. The molecule has 2 aromatic carbocycles. The van der Waals surface area contributed by atoms with Crippen LogP contribution < -0.4 is 10.1 Å². The van der Waals surface area contributed by atoms with Gasteiger partial charge in [0.05, 0.1) is 6.04 Å². The van der Waals surface area contributed by atoms with Gasteiger partial charge in [-0.2, -0.15) is 0 Å². The van der Waals surface area contributed by atoms with E-state index >= 15 is 0 Å². The van der Waals surface area contributed by atoms with Gasteiger partial charge in [0.25, 0.3) is 5.91 Å². The van der Waals surface area contributed by atoms with Gasteiger partial charge in [0.2, 0.25) is 0 Å². The van der Waals surface area contributed by atoms with Gasteiger partial charge in [0, 0.05) is 0 Å². The van der Waals surface area contributed by atoms with Gasteiger partial charge in [0.1, 0.15) is 5.75 Å². The number of aryl methyl sites for hydroxylation is 3. The normalized spacial score (nSPS) is 11.8. The molecule has 3 heteroatoms. The van der Waals surface area contributed by atoms with Crippen molar-refractivity contribution < 1.29 is 9.53 Å². The lowest BCUT2D eigenvalue weighted by Gasteiger charge is -2.19. The van der Waals surface area contributed by atoms with Gasteiger partial charge in [-0.15, -0.1) is 0 Å². The highest BCUT2D eigenvalue weighted by Crippen LogP contribution is 2.20. The van der Waals surface area contributed by atoms with E-state index in [0.717, 1.165) is 12.0 Å². The van der Waals surface area contributed by atoms with E-state index in [1.807, 2.05) is 31.2 Å². The minimum atomic E-state index is -0.101. The van der Waals surface area contributed by atoms with E-state index in [0.29, 0.717) is 5.75 Å². The quantitative estimate of drug-likeness (QED) is 0.865. The first-order chi connectivity index (χ1) is 11.0. The average molecular weight is 311 g/mol. The monoisotopic (exact) mass is 311 g/mol. The predicted octanol–water partition coefficient (Wildman–Crippen LogP) is 4.26. The van der Waals surface area contributed by atoms with Crippen molar-refractivity contribution in [2.45, 2.75) is 40.2 Å². The van der Waals surface area contributed by atoms with Crippen molar-refractivity contribution in [2.24, 2.45) is 0 Å². The maximum absolute atomic E-state index is 12.1. The lowest BCUT2D eigenvalue weighted by molar-refractivity contribution is -0.123. The molecule has 1 atom stereocenters. The number of hydrogen-bond acceptors (Lipinski definition) is 2. The van der Waals surface area contributed by atoms with E-state index in [2.05, 4.69) is 44.3 Å². The number of ether oxygens (including phenoxy) is 1. The Hall–Kier alpha value is -2.29. The van der Waals surface area contributed by atoms with Gasteiger partial charge in [-0.05, 0) is 56.0 Å². The fraction of sp³-hybridized carbons (Fsp3) is 0.350. The third kappa shape index (κ3) is 4.85. The molecule has 0 aliphatic carbocycles. The highest BCUT2D eigenvalue weighted by atomic mass is 16.5. The van der Waals surface area contributed by atoms with Crippen LogP contribution in [0.25, 0.3) is 0 Å². The molecule has 122 valence electrons. The summed E-state index contributed by atoms with van der Waals surface area (Å²) in [5, 5.41) is 3.05.